The Morgan fingerprint density at radius 1 is 1.37 bits per heavy atom. The van der Waals surface area contributed by atoms with Gasteiger partial charge in [-0.05, 0) is 24.6 Å². The summed E-state index contributed by atoms with van der Waals surface area (Å²) in [6.45, 7) is 1.34. The van der Waals surface area contributed by atoms with Crippen LogP contribution in [0.1, 0.15) is 16.9 Å². The number of hydrazine groups is 1. The molecule has 0 spiro atoms. The van der Waals surface area contributed by atoms with Crippen LogP contribution in [0.3, 0.4) is 0 Å². The molecule has 0 bridgehead atoms. The van der Waals surface area contributed by atoms with Crippen molar-refractivity contribution in [3.8, 4) is 0 Å². The van der Waals surface area contributed by atoms with E-state index in [2.05, 4.69) is 20.8 Å². The zero-order chi connectivity index (χ0) is 13.5. The summed E-state index contributed by atoms with van der Waals surface area (Å²) in [5, 5.41) is 6.88. The molecular weight excluding hydrogens is 244 g/mol. The second-order valence-electron chi connectivity index (χ2n) is 3.93. The number of anilines is 1. The fraction of sp³-hybridized carbons (Fsp3) is 0.250. The molecule has 0 aliphatic heterocycles. The molecule has 19 heavy (non-hydrogen) atoms. The third-order valence-corrected chi connectivity index (χ3v) is 2.54. The predicted octanol–water partition coefficient (Wildman–Crippen LogP) is 0.384. The fourth-order valence-electron chi connectivity index (χ4n) is 1.61. The Bertz CT molecular complexity index is 525. The van der Waals surface area contributed by atoms with E-state index in [1.807, 2.05) is 16.9 Å². The molecule has 100 valence electrons. The molecule has 0 aliphatic carbocycles. The molecule has 2 heterocycles. The lowest BCUT2D eigenvalue weighted by molar-refractivity contribution is 0.0948. The molecule has 0 atom stereocenters. The van der Waals surface area contributed by atoms with E-state index in [1.165, 1.54) is 0 Å². The minimum absolute atomic E-state index is 0.211. The Balaban J connectivity index is 1.77. The summed E-state index contributed by atoms with van der Waals surface area (Å²) in [6, 6.07) is 6.92. The Hall–Kier alpha value is -2.41. The first kappa shape index (κ1) is 13.0. The van der Waals surface area contributed by atoms with Crippen LogP contribution in [0.2, 0.25) is 0 Å². The Morgan fingerprint density at radius 2 is 2.26 bits per heavy atom. The van der Waals surface area contributed by atoms with E-state index < -0.39 is 0 Å². The number of nitrogens with two attached hydrogens (primary N) is 1. The minimum Gasteiger partial charge on any atom is -0.351 e. The van der Waals surface area contributed by atoms with E-state index in [-0.39, 0.29) is 5.91 Å². The maximum atomic E-state index is 11.8. The van der Waals surface area contributed by atoms with Gasteiger partial charge in [-0.15, -0.1) is 0 Å². The maximum Gasteiger partial charge on any atom is 0.269 e. The number of hydrogen-bond acceptors (Lipinski definition) is 5. The first-order chi connectivity index (χ1) is 9.29. The lowest BCUT2D eigenvalue weighted by Crippen LogP contribution is -2.26. The molecule has 0 aromatic carbocycles. The van der Waals surface area contributed by atoms with E-state index in [0.717, 1.165) is 13.0 Å². The van der Waals surface area contributed by atoms with Gasteiger partial charge in [-0.1, -0.05) is 6.07 Å². The lowest BCUT2D eigenvalue weighted by Gasteiger charge is -2.06. The molecule has 7 nitrogen and oxygen atoms in total. The number of aryl methyl sites for hydroxylation is 1. The number of hydrogen-bond donors (Lipinski definition) is 3. The highest BCUT2D eigenvalue weighted by Gasteiger charge is 2.06. The van der Waals surface area contributed by atoms with Gasteiger partial charge >= 0.3 is 0 Å². The number of rotatable bonds is 6. The van der Waals surface area contributed by atoms with Crippen LogP contribution >= 0.6 is 0 Å². The number of carbonyl (C=O) groups is 1. The zero-order valence-electron chi connectivity index (χ0n) is 10.4. The number of amides is 1. The van der Waals surface area contributed by atoms with E-state index in [4.69, 9.17) is 5.84 Å². The topological polar surface area (TPSA) is 97.9 Å². The number of nitrogens with zero attached hydrogens (tertiary/aromatic N) is 3. The van der Waals surface area contributed by atoms with Crippen LogP contribution in [0.4, 0.5) is 5.82 Å². The fourth-order valence-corrected chi connectivity index (χ4v) is 1.61. The van der Waals surface area contributed by atoms with Gasteiger partial charge in [0.25, 0.3) is 5.91 Å². The van der Waals surface area contributed by atoms with Crippen LogP contribution < -0.4 is 16.6 Å². The highest BCUT2D eigenvalue weighted by atomic mass is 16.1. The van der Waals surface area contributed by atoms with Gasteiger partial charge in [0.15, 0.2) is 0 Å². The standard InChI is InChI=1S/C12H16N6O/c13-17-11-5-1-4-10(16-11)12(19)14-6-2-8-18-9-3-7-15-18/h1,3-5,7,9H,2,6,8,13H2,(H,14,19)(H,16,17). The molecule has 0 aliphatic rings. The van der Waals surface area contributed by atoms with Gasteiger partial charge in [-0.25, -0.2) is 10.8 Å². The molecule has 2 rings (SSSR count). The maximum absolute atomic E-state index is 11.8. The summed E-state index contributed by atoms with van der Waals surface area (Å²) in [5.41, 5.74) is 2.75. The van der Waals surface area contributed by atoms with Crippen LogP contribution in [0.25, 0.3) is 0 Å². The molecule has 0 saturated carbocycles. The summed E-state index contributed by atoms with van der Waals surface area (Å²) in [4.78, 5) is 15.9. The number of carbonyl (C=O) groups excluding carboxylic acids is 1. The summed E-state index contributed by atoms with van der Waals surface area (Å²) in [7, 11) is 0. The molecule has 0 fully saturated rings. The molecular formula is C12H16N6O. The lowest BCUT2D eigenvalue weighted by atomic mass is 10.3. The summed E-state index contributed by atoms with van der Waals surface area (Å²) in [5.74, 6) is 5.49. The van der Waals surface area contributed by atoms with Crippen LogP contribution in [0, 0.1) is 0 Å². The smallest absolute Gasteiger partial charge is 0.269 e. The molecule has 2 aromatic heterocycles. The van der Waals surface area contributed by atoms with E-state index in [0.29, 0.717) is 18.1 Å². The molecule has 7 heteroatoms. The second kappa shape index (κ2) is 6.50. The van der Waals surface area contributed by atoms with Crippen molar-refractivity contribution in [2.24, 2.45) is 5.84 Å². The Morgan fingerprint density at radius 3 is 3.00 bits per heavy atom. The van der Waals surface area contributed by atoms with Gasteiger partial charge in [0.05, 0.1) is 0 Å². The number of pyridine rings is 1. The van der Waals surface area contributed by atoms with Crippen LogP contribution in [0.15, 0.2) is 36.7 Å². The molecule has 2 aromatic rings. The van der Waals surface area contributed by atoms with E-state index >= 15 is 0 Å². The summed E-state index contributed by atoms with van der Waals surface area (Å²) in [6.07, 6.45) is 4.43. The van der Waals surface area contributed by atoms with Gasteiger partial charge in [-0.3, -0.25) is 9.48 Å². The molecule has 0 unspecified atom stereocenters. The SMILES string of the molecule is NNc1cccc(C(=O)NCCCn2cccn2)n1. The van der Waals surface area contributed by atoms with Crippen LogP contribution in [0.5, 0.6) is 0 Å². The van der Waals surface area contributed by atoms with Gasteiger partial charge in [0.1, 0.15) is 11.5 Å². The van der Waals surface area contributed by atoms with Crippen LogP contribution in [-0.4, -0.2) is 27.2 Å². The van der Waals surface area contributed by atoms with Crippen molar-refractivity contribution in [1.29, 1.82) is 0 Å². The Labute approximate surface area is 110 Å². The van der Waals surface area contributed by atoms with Crippen molar-refractivity contribution in [2.75, 3.05) is 12.0 Å². The van der Waals surface area contributed by atoms with Crippen molar-refractivity contribution < 1.29 is 4.79 Å². The van der Waals surface area contributed by atoms with E-state index in [1.54, 1.807) is 24.4 Å². The van der Waals surface area contributed by atoms with Gasteiger partial charge < -0.3 is 10.7 Å². The third-order valence-electron chi connectivity index (χ3n) is 2.54. The van der Waals surface area contributed by atoms with Crippen molar-refractivity contribution in [3.63, 3.8) is 0 Å². The molecule has 0 saturated heterocycles. The Kier molecular flexibility index (Phi) is 4.46. The van der Waals surface area contributed by atoms with Crippen molar-refractivity contribution in [1.82, 2.24) is 20.1 Å². The quantitative estimate of drug-likeness (QED) is 0.396. The summed E-state index contributed by atoms with van der Waals surface area (Å²) >= 11 is 0. The second-order valence-corrected chi connectivity index (χ2v) is 3.93. The minimum atomic E-state index is -0.211. The predicted molar refractivity (Wildman–Crippen MR) is 71.2 cm³/mol. The summed E-state index contributed by atoms with van der Waals surface area (Å²) < 4.78 is 1.82. The third kappa shape index (κ3) is 3.78. The molecule has 4 N–H and O–H groups in total. The number of aromatic nitrogens is 3. The van der Waals surface area contributed by atoms with Gasteiger partial charge in [0.2, 0.25) is 0 Å². The number of nitrogens with one attached hydrogen (secondary N) is 2. The normalized spacial score (nSPS) is 10.2. The van der Waals surface area contributed by atoms with E-state index in [9.17, 15) is 4.79 Å². The number of nitrogen functional groups attached to an aromatic ring is 1. The first-order valence-corrected chi connectivity index (χ1v) is 5.99. The average Bonchev–Trinajstić information content (AvgIpc) is 2.96. The van der Waals surface area contributed by atoms with Crippen molar-refractivity contribution >= 4 is 11.7 Å². The molecule has 1 amide bonds. The van der Waals surface area contributed by atoms with Crippen molar-refractivity contribution in [3.05, 3.63) is 42.4 Å². The highest BCUT2D eigenvalue weighted by Crippen LogP contribution is 2.02. The first-order valence-electron chi connectivity index (χ1n) is 5.99. The molecule has 0 radical (unpaired) electrons. The highest BCUT2D eigenvalue weighted by molar-refractivity contribution is 5.92. The van der Waals surface area contributed by atoms with Crippen LogP contribution in [-0.2, 0) is 6.54 Å². The van der Waals surface area contributed by atoms with Crippen molar-refractivity contribution in [2.45, 2.75) is 13.0 Å². The average molecular weight is 260 g/mol. The largest absolute Gasteiger partial charge is 0.351 e. The zero-order valence-corrected chi connectivity index (χ0v) is 10.4. The van der Waals surface area contributed by atoms with Gasteiger partial charge in [-0.2, -0.15) is 5.10 Å². The monoisotopic (exact) mass is 260 g/mol. The van der Waals surface area contributed by atoms with Gasteiger partial charge in [0, 0.05) is 25.5 Å².